The fraction of sp³-hybridized carbons (Fsp3) is 0.742. The molecule has 4 aliphatic rings. The van der Waals surface area contributed by atoms with Crippen LogP contribution in [0.3, 0.4) is 0 Å². The van der Waals surface area contributed by atoms with Crippen LogP contribution in [0.5, 0.6) is 0 Å². The van der Waals surface area contributed by atoms with E-state index in [4.69, 9.17) is 0 Å². The van der Waals surface area contributed by atoms with Crippen LogP contribution in [0.1, 0.15) is 84.4 Å². The Bertz CT molecular complexity index is 1120. The molecule has 4 nitrogen and oxygen atoms in total. The van der Waals surface area contributed by atoms with Crippen LogP contribution < -0.4 is 0 Å². The van der Waals surface area contributed by atoms with E-state index >= 15 is 0 Å². The van der Waals surface area contributed by atoms with Gasteiger partial charge in [0.25, 0.3) is 0 Å². The Morgan fingerprint density at radius 1 is 1.03 bits per heavy atom. The first-order valence-corrected chi connectivity index (χ1v) is 14.5. The predicted octanol–water partition coefficient (Wildman–Crippen LogP) is 6.33. The molecule has 10 atom stereocenters. The summed E-state index contributed by atoms with van der Waals surface area (Å²) in [7, 11) is 0. The normalized spacial score (nSPS) is 43.0. The smallest absolute Gasteiger partial charge is 0.128 e. The van der Waals surface area contributed by atoms with E-state index < -0.39 is 0 Å². The molecule has 2 N–H and O–H groups in total. The first-order valence-electron chi connectivity index (χ1n) is 14.5. The third kappa shape index (κ3) is 3.91. The molecule has 0 aliphatic heterocycles. The molecule has 196 valence electrons. The van der Waals surface area contributed by atoms with E-state index in [1.807, 2.05) is 6.20 Å². The standard InChI is InChI=1S/C31H43FN2O2/c1-18(4-9-28-33-17-19-5-6-21(32)16-26(19)34-28)23-7-8-24-29-25(11-13-31(23,24)3)30(2)12-10-22(35)14-20(30)15-27(29)36/h5-6,16-18,20,22-25,27,29,35-36H,4,7-15H2,1-3H3/t18-,20+,22-,23-,24+,25?,27+,29+,30+,31-/m1/s1. The lowest BCUT2D eigenvalue weighted by atomic mass is 9.43. The molecular formula is C31H43FN2O2. The molecule has 0 bridgehead atoms. The number of aliphatic hydroxyl groups is 2. The molecule has 4 saturated carbocycles. The van der Waals surface area contributed by atoms with Crippen molar-refractivity contribution in [3.05, 3.63) is 36.0 Å². The first kappa shape index (κ1) is 24.7. The highest BCUT2D eigenvalue weighted by Gasteiger charge is 2.62. The van der Waals surface area contributed by atoms with Gasteiger partial charge in [-0.15, -0.1) is 0 Å². The van der Waals surface area contributed by atoms with Gasteiger partial charge in [-0.05, 0) is 116 Å². The number of fused-ring (bicyclic) bond motifs is 6. The Morgan fingerprint density at radius 2 is 1.81 bits per heavy atom. The lowest BCUT2D eigenvalue weighted by molar-refractivity contribution is -0.174. The van der Waals surface area contributed by atoms with Crippen LogP contribution in [0.2, 0.25) is 0 Å². The Balaban J connectivity index is 1.17. The van der Waals surface area contributed by atoms with Gasteiger partial charge in [0.05, 0.1) is 17.7 Å². The minimum Gasteiger partial charge on any atom is -0.393 e. The van der Waals surface area contributed by atoms with E-state index in [1.165, 1.54) is 37.8 Å². The number of rotatable bonds is 4. The SMILES string of the molecule is C[C@H](CCc1ncc2ccc(F)cc2n1)[C@H]1CC[C@H]2[C@H]3C(CC[C@]12C)[C@@]1(C)CC[C@@H](O)C[C@H]1C[C@@H]3O. The van der Waals surface area contributed by atoms with E-state index in [2.05, 4.69) is 30.7 Å². The van der Waals surface area contributed by atoms with E-state index in [0.29, 0.717) is 41.0 Å². The van der Waals surface area contributed by atoms with Crippen molar-refractivity contribution in [2.75, 3.05) is 0 Å². The minimum absolute atomic E-state index is 0.178. The topological polar surface area (TPSA) is 66.2 Å². The van der Waals surface area contributed by atoms with Crippen LogP contribution in [0, 0.1) is 52.2 Å². The fourth-order valence-electron chi connectivity index (χ4n) is 9.89. The lowest BCUT2D eigenvalue weighted by Gasteiger charge is -2.62. The molecule has 0 spiro atoms. The molecule has 0 saturated heterocycles. The van der Waals surface area contributed by atoms with Crippen LogP contribution in [0.25, 0.3) is 10.9 Å². The minimum atomic E-state index is -0.254. The Morgan fingerprint density at radius 3 is 2.64 bits per heavy atom. The summed E-state index contributed by atoms with van der Waals surface area (Å²) >= 11 is 0. The maximum Gasteiger partial charge on any atom is 0.128 e. The third-order valence-corrected chi connectivity index (χ3v) is 11.8. The monoisotopic (exact) mass is 494 g/mol. The zero-order valence-electron chi connectivity index (χ0n) is 22.2. The number of aryl methyl sites for hydroxylation is 1. The van der Waals surface area contributed by atoms with Gasteiger partial charge in [0.1, 0.15) is 11.6 Å². The van der Waals surface area contributed by atoms with Gasteiger partial charge in [-0.1, -0.05) is 20.8 Å². The van der Waals surface area contributed by atoms with E-state index in [1.54, 1.807) is 6.07 Å². The molecule has 4 fully saturated rings. The van der Waals surface area contributed by atoms with Gasteiger partial charge in [-0.3, -0.25) is 0 Å². The van der Waals surface area contributed by atoms with Gasteiger partial charge in [0, 0.05) is 24.1 Å². The van der Waals surface area contributed by atoms with Crippen molar-refractivity contribution in [2.24, 2.45) is 46.3 Å². The second-order valence-corrected chi connectivity index (χ2v) is 13.5. The number of nitrogens with zero attached hydrogens (tertiary/aromatic N) is 2. The van der Waals surface area contributed by atoms with Gasteiger partial charge in [-0.2, -0.15) is 0 Å². The molecule has 1 aromatic carbocycles. The molecule has 1 unspecified atom stereocenters. The van der Waals surface area contributed by atoms with E-state index in [0.717, 1.165) is 49.7 Å². The largest absolute Gasteiger partial charge is 0.393 e. The van der Waals surface area contributed by atoms with E-state index in [9.17, 15) is 14.6 Å². The highest BCUT2D eigenvalue weighted by atomic mass is 19.1. The first-order chi connectivity index (χ1) is 17.2. The molecule has 6 rings (SSSR count). The van der Waals surface area contributed by atoms with Crippen molar-refractivity contribution in [3.8, 4) is 0 Å². The van der Waals surface area contributed by atoms with Crippen LogP contribution in [0.15, 0.2) is 24.4 Å². The Hall–Kier alpha value is -1.59. The average Bonchev–Trinajstić information content (AvgIpc) is 3.20. The summed E-state index contributed by atoms with van der Waals surface area (Å²) in [4.78, 5) is 9.21. The van der Waals surface area contributed by atoms with Gasteiger partial charge < -0.3 is 10.2 Å². The predicted molar refractivity (Wildman–Crippen MR) is 140 cm³/mol. The molecule has 0 radical (unpaired) electrons. The summed E-state index contributed by atoms with van der Waals surface area (Å²) in [6, 6.07) is 4.70. The molecule has 2 aromatic rings. The van der Waals surface area contributed by atoms with Gasteiger partial charge in [0.15, 0.2) is 0 Å². The lowest BCUT2D eigenvalue weighted by Crippen LogP contribution is -2.58. The summed E-state index contributed by atoms with van der Waals surface area (Å²) in [5, 5.41) is 22.7. The number of halogens is 1. The Kier molecular flexibility index (Phi) is 6.19. The van der Waals surface area contributed by atoms with Gasteiger partial charge in [0.2, 0.25) is 0 Å². The number of hydrogen-bond acceptors (Lipinski definition) is 4. The fourth-order valence-corrected chi connectivity index (χ4v) is 9.89. The van der Waals surface area contributed by atoms with Crippen molar-refractivity contribution in [3.63, 3.8) is 0 Å². The molecule has 1 heterocycles. The maximum atomic E-state index is 13.7. The second kappa shape index (κ2) is 9.01. The molecule has 4 aliphatic carbocycles. The van der Waals surface area contributed by atoms with Crippen LogP contribution in [0.4, 0.5) is 4.39 Å². The third-order valence-electron chi connectivity index (χ3n) is 11.8. The van der Waals surface area contributed by atoms with Gasteiger partial charge in [-0.25, -0.2) is 14.4 Å². The number of aliphatic hydroxyl groups excluding tert-OH is 2. The average molecular weight is 495 g/mol. The zero-order valence-corrected chi connectivity index (χ0v) is 22.2. The number of hydrogen-bond donors (Lipinski definition) is 2. The molecule has 36 heavy (non-hydrogen) atoms. The van der Waals surface area contributed by atoms with Crippen molar-refractivity contribution < 1.29 is 14.6 Å². The summed E-state index contributed by atoms with van der Waals surface area (Å²) in [5.41, 5.74) is 1.25. The molecular weight excluding hydrogens is 451 g/mol. The zero-order chi connectivity index (χ0) is 25.2. The summed E-state index contributed by atoms with van der Waals surface area (Å²) in [6.07, 6.45) is 12.1. The van der Waals surface area contributed by atoms with Crippen LogP contribution in [-0.4, -0.2) is 32.4 Å². The van der Waals surface area contributed by atoms with Crippen molar-refractivity contribution >= 4 is 10.9 Å². The van der Waals surface area contributed by atoms with E-state index in [-0.39, 0.29) is 28.9 Å². The molecule has 5 heteroatoms. The summed E-state index contributed by atoms with van der Waals surface area (Å²) in [5.74, 6) is 3.86. The maximum absolute atomic E-state index is 13.7. The quantitative estimate of drug-likeness (QED) is 0.521. The highest BCUT2D eigenvalue weighted by Crippen LogP contribution is 2.68. The number of aromatic nitrogens is 2. The highest BCUT2D eigenvalue weighted by molar-refractivity contribution is 5.77. The second-order valence-electron chi connectivity index (χ2n) is 13.5. The molecule has 1 aromatic heterocycles. The van der Waals surface area contributed by atoms with Crippen molar-refractivity contribution in [1.82, 2.24) is 9.97 Å². The van der Waals surface area contributed by atoms with Crippen molar-refractivity contribution in [1.29, 1.82) is 0 Å². The van der Waals surface area contributed by atoms with Crippen molar-refractivity contribution in [2.45, 2.75) is 97.2 Å². The summed E-state index contributed by atoms with van der Waals surface area (Å²) in [6.45, 7) is 7.42. The number of benzene rings is 1. The van der Waals surface area contributed by atoms with Crippen LogP contribution in [-0.2, 0) is 6.42 Å². The van der Waals surface area contributed by atoms with Gasteiger partial charge >= 0.3 is 0 Å². The van der Waals surface area contributed by atoms with Crippen LogP contribution >= 0.6 is 0 Å². The Labute approximate surface area is 215 Å². The molecule has 0 amide bonds. The summed E-state index contributed by atoms with van der Waals surface area (Å²) < 4.78 is 13.7.